The van der Waals surface area contributed by atoms with Crippen LogP contribution in [0, 0.1) is 11.6 Å². The molecule has 0 aromatic heterocycles. The van der Waals surface area contributed by atoms with Crippen molar-refractivity contribution in [2.24, 2.45) is 0 Å². The first kappa shape index (κ1) is 18.8. The van der Waals surface area contributed by atoms with Gasteiger partial charge in [-0.3, -0.25) is 9.10 Å². The van der Waals surface area contributed by atoms with Crippen LogP contribution >= 0.6 is 0 Å². The van der Waals surface area contributed by atoms with E-state index in [1.807, 2.05) is 30.3 Å². The van der Waals surface area contributed by atoms with Crippen LogP contribution in [0.15, 0.2) is 60.7 Å². The Labute approximate surface area is 155 Å². The Hall–Kier alpha value is -3.00. The highest BCUT2D eigenvalue weighted by molar-refractivity contribution is 7.92. The largest absolute Gasteiger partial charge is 0.324 e. The molecule has 0 unspecified atom stereocenters. The van der Waals surface area contributed by atoms with Gasteiger partial charge in [0.05, 0.1) is 11.9 Å². The van der Waals surface area contributed by atoms with Crippen molar-refractivity contribution in [2.75, 3.05) is 22.4 Å². The summed E-state index contributed by atoms with van der Waals surface area (Å²) in [7, 11) is -3.89. The van der Waals surface area contributed by atoms with E-state index in [0.717, 1.165) is 39.5 Å². The molecule has 8 heteroatoms. The second kappa shape index (κ2) is 7.32. The molecule has 3 rings (SSSR count). The SMILES string of the molecule is CS(=O)(=O)N(CC(=O)Nc1cccc2ccccc12)c1ccc(F)c(F)c1. The summed E-state index contributed by atoms with van der Waals surface area (Å²) in [5.41, 5.74) is 0.390. The van der Waals surface area contributed by atoms with E-state index in [9.17, 15) is 22.0 Å². The van der Waals surface area contributed by atoms with Gasteiger partial charge in [-0.05, 0) is 23.6 Å². The van der Waals surface area contributed by atoms with Crippen LogP contribution in [0.4, 0.5) is 20.2 Å². The summed E-state index contributed by atoms with van der Waals surface area (Å²) in [4.78, 5) is 12.5. The molecule has 5 nitrogen and oxygen atoms in total. The number of hydrogen-bond donors (Lipinski definition) is 1. The maximum atomic E-state index is 13.5. The van der Waals surface area contributed by atoms with Crippen molar-refractivity contribution in [1.82, 2.24) is 0 Å². The van der Waals surface area contributed by atoms with Crippen LogP contribution in [-0.2, 0) is 14.8 Å². The van der Waals surface area contributed by atoms with Gasteiger partial charge in [-0.15, -0.1) is 0 Å². The second-order valence-corrected chi connectivity index (χ2v) is 7.85. The number of carbonyl (C=O) groups excluding carboxylic acids is 1. The van der Waals surface area contributed by atoms with Crippen LogP contribution in [0.1, 0.15) is 0 Å². The third kappa shape index (κ3) is 4.22. The molecule has 140 valence electrons. The molecule has 0 aliphatic carbocycles. The van der Waals surface area contributed by atoms with Gasteiger partial charge in [-0.1, -0.05) is 36.4 Å². The standard InChI is InChI=1S/C19H16F2N2O3S/c1-27(25,26)23(14-9-10-16(20)17(21)11-14)12-19(24)22-18-8-4-6-13-5-2-3-7-15(13)18/h2-11H,12H2,1H3,(H,22,24). The lowest BCUT2D eigenvalue weighted by atomic mass is 10.1. The monoisotopic (exact) mass is 390 g/mol. The van der Waals surface area contributed by atoms with E-state index in [-0.39, 0.29) is 5.69 Å². The van der Waals surface area contributed by atoms with Gasteiger partial charge in [-0.2, -0.15) is 0 Å². The van der Waals surface area contributed by atoms with Crippen LogP contribution in [-0.4, -0.2) is 27.1 Å². The molecule has 0 atom stereocenters. The molecule has 0 saturated carbocycles. The van der Waals surface area contributed by atoms with E-state index in [0.29, 0.717) is 5.69 Å². The Bertz CT molecular complexity index is 1110. The van der Waals surface area contributed by atoms with Crippen molar-refractivity contribution in [3.63, 3.8) is 0 Å². The Kier molecular flexibility index (Phi) is 5.09. The summed E-state index contributed by atoms with van der Waals surface area (Å²) in [6.07, 6.45) is 0.888. The zero-order valence-corrected chi connectivity index (χ0v) is 15.1. The maximum absolute atomic E-state index is 13.5. The predicted molar refractivity (Wildman–Crippen MR) is 101 cm³/mol. The molecule has 1 amide bonds. The first-order valence-corrected chi connectivity index (χ1v) is 9.81. The first-order chi connectivity index (χ1) is 12.8. The van der Waals surface area contributed by atoms with Gasteiger partial charge in [0, 0.05) is 17.1 Å². The van der Waals surface area contributed by atoms with Crippen molar-refractivity contribution in [1.29, 1.82) is 0 Å². The second-order valence-electron chi connectivity index (χ2n) is 5.94. The fraction of sp³-hybridized carbons (Fsp3) is 0.105. The molecule has 1 N–H and O–H groups in total. The van der Waals surface area contributed by atoms with Gasteiger partial charge in [0.2, 0.25) is 15.9 Å². The number of amides is 1. The lowest BCUT2D eigenvalue weighted by molar-refractivity contribution is -0.114. The number of nitrogens with one attached hydrogen (secondary N) is 1. The molecule has 3 aromatic carbocycles. The van der Waals surface area contributed by atoms with Gasteiger partial charge in [0.1, 0.15) is 6.54 Å². The molecule has 0 radical (unpaired) electrons. The van der Waals surface area contributed by atoms with Crippen LogP contribution in [0.3, 0.4) is 0 Å². The van der Waals surface area contributed by atoms with Crippen LogP contribution < -0.4 is 9.62 Å². The summed E-state index contributed by atoms with van der Waals surface area (Å²) >= 11 is 0. The van der Waals surface area contributed by atoms with E-state index in [1.54, 1.807) is 12.1 Å². The summed E-state index contributed by atoms with van der Waals surface area (Å²) in [6.45, 7) is -0.576. The zero-order chi connectivity index (χ0) is 19.6. The predicted octanol–water partition coefficient (Wildman–Crippen LogP) is 3.52. The van der Waals surface area contributed by atoms with Crippen molar-refractivity contribution in [3.05, 3.63) is 72.3 Å². The molecular weight excluding hydrogens is 374 g/mol. The molecule has 0 spiro atoms. The first-order valence-electron chi connectivity index (χ1n) is 7.96. The Morgan fingerprint density at radius 2 is 1.70 bits per heavy atom. The molecule has 0 saturated heterocycles. The number of carbonyl (C=O) groups is 1. The Morgan fingerprint density at radius 3 is 2.41 bits per heavy atom. The molecule has 3 aromatic rings. The van der Waals surface area contributed by atoms with Crippen molar-refractivity contribution < 1.29 is 22.0 Å². The number of anilines is 2. The number of sulfonamides is 1. The summed E-state index contributed by atoms with van der Waals surface area (Å²) in [6, 6.07) is 15.4. The quantitative estimate of drug-likeness (QED) is 0.725. The Balaban J connectivity index is 1.88. The van der Waals surface area contributed by atoms with Gasteiger partial charge >= 0.3 is 0 Å². The number of halogens is 2. The molecule has 0 aliphatic rings. The molecule has 0 fully saturated rings. The van der Waals surface area contributed by atoms with E-state index in [1.165, 1.54) is 0 Å². The van der Waals surface area contributed by atoms with Gasteiger partial charge in [0.25, 0.3) is 0 Å². The zero-order valence-electron chi connectivity index (χ0n) is 14.3. The number of fused-ring (bicyclic) bond motifs is 1. The Morgan fingerprint density at radius 1 is 1.00 bits per heavy atom. The van der Waals surface area contributed by atoms with E-state index < -0.39 is 34.1 Å². The number of hydrogen-bond acceptors (Lipinski definition) is 3. The van der Waals surface area contributed by atoms with Crippen LogP contribution in [0.25, 0.3) is 10.8 Å². The lowest BCUT2D eigenvalue weighted by Crippen LogP contribution is -2.37. The smallest absolute Gasteiger partial charge is 0.245 e. The fourth-order valence-corrected chi connectivity index (χ4v) is 3.54. The molecule has 0 aliphatic heterocycles. The minimum Gasteiger partial charge on any atom is -0.324 e. The molecule has 0 heterocycles. The highest BCUT2D eigenvalue weighted by Gasteiger charge is 2.22. The van der Waals surface area contributed by atoms with Gasteiger partial charge in [-0.25, -0.2) is 17.2 Å². The third-order valence-corrected chi connectivity index (χ3v) is 5.08. The average molecular weight is 390 g/mol. The topological polar surface area (TPSA) is 66.5 Å². The van der Waals surface area contributed by atoms with E-state index in [4.69, 9.17) is 0 Å². The summed E-state index contributed by atoms with van der Waals surface area (Å²) in [5.74, 6) is -2.91. The lowest BCUT2D eigenvalue weighted by Gasteiger charge is -2.22. The minimum atomic E-state index is -3.89. The highest BCUT2D eigenvalue weighted by atomic mass is 32.2. The number of rotatable bonds is 5. The van der Waals surface area contributed by atoms with Gasteiger partial charge < -0.3 is 5.32 Å². The van der Waals surface area contributed by atoms with Crippen molar-refractivity contribution in [3.8, 4) is 0 Å². The molecule has 0 bridgehead atoms. The summed E-state index contributed by atoms with van der Waals surface area (Å²) < 4.78 is 51.5. The van der Waals surface area contributed by atoms with Crippen molar-refractivity contribution in [2.45, 2.75) is 0 Å². The molecule has 27 heavy (non-hydrogen) atoms. The van der Waals surface area contributed by atoms with Crippen LogP contribution in [0.5, 0.6) is 0 Å². The third-order valence-electron chi connectivity index (χ3n) is 3.94. The van der Waals surface area contributed by atoms with E-state index in [2.05, 4.69) is 5.32 Å². The summed E-state index contributed by atoms with van der Waals surface area (Å²) in [5, 5.41) is 4.38. The maximum Gasteiger partial charge on any atom is 0.245 e. The van der Waals surface area contributed by atoms with Crippen molar-refractivity contribution >= 4 is 38.1 Å². The van der Waals surface area contributed by atoms with Crippen LogP contribution in [0.2, 0.25) is 0 Å². The fourth-order valence-electron chi connectivity index (χ4n) is 2.69. The molecular formula is C19H16F2N2O3S. The highest BCUT2D eigenvalue weighted by Crippen LogP contribution is 2.24. The number of nitrogens with zero attached hydrogens (tertiary/aromatic N) is 1. The number of benzene rings is 3. The minimum absolute atomic E-state index is 0.135. The van der Waals surface area contributed by atoms with E-state index >= 15 is 0 Å². The van der Waals surface area contributed by atoms with Gasteiger partial charge in [0.15, 0.2) is 11.6 Å². The average Bonchev–Trinajstić information content (AvgIpc) is 2.61. The normalized spacial score (nSPS) is 11.4.